The maximum atomic E-state index is 12.2. The maximum Gasteiger partial charge on any atom is 1.00 e. The largest absolute Gasteiger partial charge is 1.00 e. The Morgan fingerprint density at radius 3 is 2.08 bits per heavy atom. The minimum Gasteiger partial charge on any atom is -0.449 e. The first-order valence-electron chi connectivity index (χ1n) is 3.94. The Morgan fingerprint density at radius 1 is 1.23 bits per heavy atom. The fraction of sp³-hybridized carbons (Fsp3) is 1.00. The Balaban J connectivity index is 0.000000845. The SMILES string of the molecule is F[B-](F)(F)C1COC2(COC2)C1.[K+]. The molecule has 2 saturated heterocycles. The standard InChI is InChI=1S/C6H9BF3O2.K/c8-7(9,10)5-1-6(12-2-5)3-11-4-6;/h5H,1-4H2;/q-1;+1. The van der Waals surface area contributed by atoms with Gasteiger partial charge in [0.15, 0.2) is 0 Å². The van der Waals surface area contributed by atoms with Gasteiger partial charge in [-0.3, -0.25) is 0 Å². The molecule has 2 nitrogen and oxygen atoms in total. The van der Waals surface area contributed by atoms with Crippen LogP contribution < -0.4 is 51.4 Å². The van der Waals surface area contributed by atoms with E-state index in [-0.39, 0.29) is 64.4 Å². The Labute approximate surface area is 117 Å². The van der Waals surface area contributed by atoms with Gasteiger partial charge in [0.25, 0.3) is 0 Å². The first-order chi connectivity index (χ1) is 5.52. The van der Waals surface area contributed by atoms with Gasteiger partial charge >= 0.3 is 58.4 Å². The van der Waals surface area contributed by atoms with Crippen LogP contribution in [0.2, 0.25) is 5.82 Å². The molecule has 1 unspecified atom stereocenters. The van der Waals surface area contributed by atoms with E-state index >= 15 is 0 Å². The summed E-state index contributed by atoms with van der Waals surface area (Å²) < 4.78 is 46.5. The van der Waals surface area contributed by atoms with Crippen LogP contribution in [0.15, 0.2) is 0 Å². The monoisotopic (exact) mass is 220 g/mol. The summed E-state index contributed by atoms with van der Waals surface area (Å²) in [5.41, 5.74) is -0.581. The molecule has 70 valence electrons. The van der Waals surface area contributed by atoms with Crippen LogP contribution in [0.3, 0.4) is 0 Å². The molecule has 0 aromatic carbocycles. The molecule has 2 heterocycles. The van der Waals surface area contributed by atoms with Crippen LogP contribution in [-0.4, -0.2) is 32.4 Å². The first kappa shape index (κ1) is 12.5. The fourth-order valence-corrected chi connectivity index (χ4v) is 1.65. The van der Waals surface area contributed by atoms with E-state index in [1.807, 2.05) is 0 Å². The van der Waals surface area contributed by atoms with Crippen molar-refractivity contribution >= 4 is 6.98 Å². The van der Waals surface area contributed by atoms with E-state index in [2.05, 4.69) is 0 Å². The summed E-state index contributed by atoms with van der Waals surface area (Å²) in [4.78, 5) is 0. The van der Waals surface area contributed by atoms with Gasteiger partial charge in [-0.2, -0.15) is 0 Å². The normalized spacial score (nSPS) is 31.2. The zero-order valence-corrected chi connectivity index (χ0v) is 10.6. The third-order valence-corrected chi connectivity index (χ3v) is 2.50. The smallest absolute Gasteiger partial charge is 0.449 e. The van der Waals surface area contributed by atoms with Crippen LogP contribution in [0.1, 0.15) is 6.42 Å². The molecule has 0 saturated carbocycles. The van der Waals surface area contributed by atoms with Crippen LogP contribution in [0.4, 0.5) is 12.9 Å². The molecule has 2 rings (SSSR count). The molecule has 0 radical (unpaired) electrons. The van der Waals surface area contributed by atoms with E-state index < -0.39 is 18.4 Å². The summed E-state index contributed by atoms with van der Waals surface area (Å²) >= 11 is 0. The third kappa shape index (κ3) is 2.50. The van der Waals surface area contributed by atoms with Gasteiger partial charge in [-0.15, -0.1) is 0 Å². The summed E-state index contributed by atoms with van der Waals surface area (Å²) in [5, 5.41) is 0. The van der Waals surface area contributed by atoms with E-state index in [1.54, 1.807) is 0 Å². The number of halogens is 3. The molecule has 1 atom stereocenters. The molecule has 0 aromatic rings. The minimum atomic E-state index is -4.73. The molecule has 7 heteroatoms. The van der Waals surface area contributed by atoms with E-state index in [1.165, 1.54) is 0 Å². The zero-order valence-electron chi connectivity index (χ0n) is 7.43. The van der Waals surface area contributed by atoms with Crippen molar-refractivity contribution < 1.29 is 73.8 Å². The quantitative estimate of drug-likeness (QED) is 0.495. The van der Waals surface area contributed by atoms with Gasteiger partial charge in [-0.25, -0.2) is 0 Å². The molecule has 1 spiro atoms. The molecular formula is C6H9BF3KO2. The van der Waals surface area contributed by atoms with Gasteiger partial charge < -0.3 is 22.4 Å². The molecule has 2 aliphatic rings. The minimum absolute atomic E-state index is 0. The summed E-state index contributed by atoms with van der Waals surface area (Å²) in [7, 11) is 0. The van der Waals surface area contributed by atoms with Crippen molar-refractivity contribution in [3.63, 3.8) is 0 Å². The van der Waals surface area contributed by atoms with E-state index in [0.29, 0.717) is 13.2 Å². The summed E-state index contributed by atoms with van der Waals surface area (Å²) in [5.74, 6) is -1.23. The molecule has 0 aliphatic carbocycles. The summed E-state index contributed by atoms with van der Waals surface area (Å²) in [6.07, 6.45) is 0.0938. The Kier molecular flexibility index (Phi) is 3.95. The number of hydrogen-bond donors (Lipinski definition) is 0. The van der Waals surface area contributed by atoms with Gasteiger partial charge in [-0.1, -0.05) is 0 Å². The summed E-state index contributed by atoms with van der Waals surface area (Å²) in [6.45, 7) is -4.24. The van der Waals surface area contributed by atoms with Crippen molar-refractivity contribution in [1.29, 1.82) is 0 Å². The third-order valence-electron chi connectivity index (χ3n) is 2.50. The van der Waals surface area contributed by atoms with Crippen molar-refractivity contribution in [1.82, 2.24) is 0 Å². The van der Waals surface area contributed by atoms with Gasteiger partial charge in [0.2, 0.25) is 0 Å². The van der Waals surface area contributed by atoms with Crippen molar-refractivity contribution in [2.75, 3.05) is 19.8 Å². The number of hydrogen-bond acceptors (Lipinski definition) is 2. The van der Waals surface area contributed by atoms with Crippen molar-refractivity contribution in [3.8, 4) is 0 Å². The second-order valence-electron chi connectivity index (χ2n) is 3.58. The Hall–Kier alpha value is 1.41. The zero-order chi connectivity index (χ0) is 8.82. The van der Waals surface area contributed by atoms with Gasteiger partial charge in [0.05, 0.1) is 13.2 Å². The van der Waals surface area contributed by atoms with Crippen LogP contribution in [0.25, 0.3) is 0 Å². The Bertz CT molecular complexity index is 195. The van der Waals surface area contributed by atoms with Crippen molar-refractivity contribution in [2.24, 2.45) is 0 Å². The molecule has 2 aliphatic heterocycles. The summed E-state index contributed by atoms with van der Waals surface area (Å²) in [6, 6.07) is 0. The van der Waals surface area contributed by atoms with Crippen LogP contribution in [0.5, 0.6) is 0 Å². The van der Waals surface area contributed by atoms with Crippen molar-refractivity contribution in [2.45, 2.75) is 17.8 Å². The van der Waals surface area contributed by atoms with E-state index in [0.717, 1.165) is 0 Å². The Morgan fingerprint density at radius 2 is 1.85 bits per heavy atom. The predicted octanol–water partition coefficient (Wildman–Crippen LogP) is -1.60. The predicted molar refractivity (Wildman–Crippen MR) is 36.9 cm³/mol. The van der Waals surface area contributed by atoms with Crippen LogP contribution >= 0.6 is 0 Å². The van der Waals surface area contributed by atoms with Crippen LogP contribution in [0, 0.1) is 0 Å². The van der Waals surface area contributed by atoms with Gasteiger partial charge in [-0.05, 0) is 12.2 Å². The molecule has 13 heavy (non-hydrogen) atoms. The molecule has 0 aromatic heterocycles. The van der Waals surface area contributed by atoms with Gasteiger partial charge in [0, 0.05) is 6.61 Å². The first-order valence-corrected chi connectivity index (χ1v) is 3.94. The second-order valence-corrected chi connectivity index (χ2v) is 3.58. The average Bonchev–Trinajstić information content (AvgIpc) is 2.26. The molecule has 2 fully saturated rings. The maximum absolute atomic E-state index is 12.2. The molecule has 0 amide bonds. The van der Waals surface area contributed by atoms with Gasteiger partial charge in [0.1, 0.15) is 5.60 Å². The molecule has 0 N–H and O–H groups in total. The number of rotatable bonds is 1. The average molecular weight is 220 g/mol. The van der Waals surface area contributed by atoms with Crippen molar-refractivity contribution in [3.05, 3.63) is 0 Å². The van der Waals surface area contributed by atoms with E-state index in [9.17, 15) is 12.9 Å². The van der Waals surface area contributed by atoms with E-state index in [4.69, 9.17) is 9.47 Å². The molecule has 0 bridgehead atoms. The second kappa shape index (κ2) is 4.11. The van der Waals surface area contributed by atoms with Crippen LogP contribution in [-0.2, 0) is 9.47 Å². The fourth-order valence-electron chi connectivity index (χ4n) is 1.65. The number of ether oxygens (including phenoxy) is 2. The molecular weight excluding hydrogens is 211 g/mol. The topological polar surface area (TPSA) is 18.5 Å².